The van der Waals surface area contributed by atoms with Crippen LogP contribution in [-0.2, 0) is 14.3 Å². The van der Waals surface area contributed by atoms with E-state index in [9.17, 15) is 9.59 Å². The first kappa shape index (κ1) is 15.3. The molecule has 114 valence electrons. The average Bonchev–Trinajstić information content (AvgIpc) is 2.85. The van der Waals surface area contributed by atoms with Crippen molar-refractivity contribution in [2.45, 2.75) is 31.7 Å². The van der Waals surface area contributed by atoms with Gasteiger partial charge in [-0.15, -0.1) is 0 Å². The minimum absolute atomic E-state index is 0.000120. The Morgan fingerprint density at radius 3 is 2.60 bits per heavy atom. The van der Waals surface area contributed by atoms with Crippen LogP contribution in [0.1, 0.15) is 25.7 Å². The highest BCUT2D eigenvalue weighted by molar-refractivity contribution is 5.84. The van der Waals surface area contributed by atoms with Crippen LogP contribution in [0.2, 0.25) is 0 Å². The SMILES string of the molecule is CN(CC(=O)N1CCOCC1)C(=O)C[C@@H]1CCC[C@H]1N. The molecular formula is C14H25N3O3. The zero-order valence-corrected chi connectivity index (χ0v) is 12.2. The highest BCUT2D eigenvalue weighted by atomic mass is 16.5. The van der Waals surface area contributed by atoms with Gasteiger partial charge in [0, 0.05) is 32.6 Å². The van der Waals surface area contributed by atoms with Crippen molar-refractivity contribution in [3.05, 3.63) is 0 Å². The molecule has 20 heavy (non-hydrogen) atoms. The van der Waals surface area contributed by atoms with Crippen molar-refractivity contribution in [3.8, 4) is 0 Å². The Labute approximate surface area is 120 Å². The van der Waals surface area contributed by atoms with Gasteiger partial charge in [0.2, 0.25) is 11.8 Å². The van der Waals surface area contributed by atoms with E-state index in [1.165, 1.54) is 4.90 Å². The number of amides is 2. The summed E-state index contributed by atoms with van der Waals surface area (Å²) in [7, 11) is 1.70. The molecule has 2 amide bonds. The van der Waals surface area contributed by atoms with Crippen molar-refractivity contribution < 1.29 is 14.3 Å². The van der Waals surface area contributed by atoms with Gasteiger partial charge in [0.15, 0.2) is 0 Å². The number of hydrogen-bond acceptors (Lipinski definition) is 4. The second-order valence-corrected chi connectivity index (χ2v) is 5.80. The predicted molar refractivity (Wildman–Crippen MR) is 75.0 cm³/mol. The Hall–Kier alpha value is -1.14. The number of rotatable bonds is 4. The summed E-state index contributed by atoms with van der Waals surface area (Å²) in [6.45, 7) is 2.56. The highest BCUT2D eigenvalue weighted by Gasteiger charge is 2.28. The number of carbonyl (C=O) groups is 2. The van der Waals surface area contributed by atoms with E-state index >= 15 is 0 Å². The Kier molecular flexibility index (Phi) is 5.37. The minimum atomic E-state index is -0.000120. The molecule has 0 bridgehead atoms. The van der Waals surface area contributed by atoms with Gasteiger partial charge in [-0.25, -0.2) is 0 Å². The van der Waals surface area contributed by atoms with E-state index in [4.69, 9.17) is 10.5 Å². The topological polar surface area (TPSA) is 75.9 Å². The fourth-order valence-electron chi connectivity index (χ4n) is 2.90. The lowest BCUT2D eigenvalue weighted by Gasteiger charge is -2.29. The fourth-order valence-corrected chi connectivity index (χ4v) is 2.90. The number of nitrogens with zero attached hydrogens (tertiary/aromatic N) is 2. The molecule has 2 N–H and O–H groups in total. The molecule has 2 rings (SSSR count). The Morgan fingerprint density at radius 1 is 1.30 bits per heavy atom. The predicted octanol–water partition coefficient (Wildman–Crippen LogP) is -0.179. The molecule has 1 saturated carbocycles. The van der Waals surface area contributed by atoms with Crippen LogP contribution < -0.4 is 5.73 Å². The second-order valence-electron chi connectivity index (χ2n) is 5.80. The molecule has 1 aliphatic carbocycles. The number of carbonyl (C=O) groups excluding carboxylic acids is 2. The molecule has 6 heteroatoms. The summed E-state index contributed by atoms with van der Waals surface area (Å²) in [6, 6.07) is 0.141. The number of hydrogen-bond donors (Lipinski definition) is 1. The standard InChI is InChI=1S/C14H25N3O3/c1-16(10-14(19)17-5-7-20-8-6-17)13(18)9-11-3-2-4-12(11)15/h11-12H,2-10,15H2,1H3/t11-,12+/m0/s1. The smallest absolute Gasteiger partial charge is 0.242 e. The summed E-state index contributed by atoms with van der Waals surface area (Å²) >= 11 is 0. The number of ether oxygens (including phenoxy) is 1. The molecule has 0 aromatic heterocycles. The lowest BCUT2D eigenvalue weighted by Crippen LogP contribution is -2.46. The Balaban J connectivity index is 1.76. The molecule has 2 fully saturated rings. The first-order valence-electron chi connectivity index (χ1n) is 7.43. The third kappa shape index (κ3) is 3.93. The van der Waals surface area contributed by atoms with Crippen molar-refractivity contribution in [2.24, 2.45) is 11.7 Å². The monoisotopic (exact) mass is 283 g/mol. The van der Waals surface area contributed by atoms with E-state index in [-0.39, 0.29) is 30.3 Å². The highest BCUT2D eigenvalue weighted by Crippen LogP contribution is 2.27. The summed E-state index contributed by atoms with van der Waals surface area (Å²) in [6.07, 6.45) is 3.61. The second kappa shape index (κ2) is 7.04. The minimum Gasteiger partial charge on any atom is -0.378 e. The van der Waals surface area contributed by atoms with Crippen molar-refractivity contribution in [3.63, 3.8) is 0 Å². The van der Waals surface area contributed by atoms with Gasteiger partial charge in [0.25, 0.3) is 0 Å². The lowest BCUT2D eigenvalue weighted by molar-refractivity contribution is -0.142. The molecule has 2 aliphatic rings. The van der Waals surface area contributed by atoms with E-state index in [0.29, 0.717) is 32.7 Å². The molecule has 0 unspecified atom stereocenters. The summed E-state index contributed by atoms with van der Waals surface area (Å²) in [5.74, 6) is 0.303. The van der Waals surface area contributed by atoms with Crippen molar-refractivity contribution in [2.75, 3.05) is 39.9 Å². The van der Waals surface area contributed by atoms with E-state index in [2.05, 4.69) is 0 Å². The van der Waals surface area contributed by atoms with Crippen LogP contribution in [0.25, 0.3) is 0 Å². The van der Waals surface area contributed by atoms with E-state index < -0.39 is 0 Å². The van der Waals surface area contributed by atoms with E-state index in [0.717, 1.165) is 19.3 Å². The van der Waals surface area contributed by atoms with Crippen LogP contribution in [0, 0.1) is 5.92 Å². The van der Waals surface area contributed by atoms with Gasteiger partial charge in [-0.1, -0.05) is 6.42 Å². The van der Waals surface area contributed by atoms with Crippen molar-refractivity contribution in [1.29, 1.82) is 0 Å². The van der Waals surface area contributed by atoms with Crippen LogP contribution in [0.3, 0.4) is 0 Å². The average molecular weight is 283 g/mol. The molecule has 0 aromatic carbocycles. The van der Waals surface area contributed by atoms with Crippen LogP contribution in [0.15, 0.2) is 0 Å². The van der Waals surface area contributed by atoms with Crippen LogP contribution in [-0.4, -0.2) is 67.6 Å². The lowest BCUT2D eigenvalue weighted by atomic mass is 9.99. The van der Waals surface area contributed by atoms with Crippen molar-refractivity contribution >= 4 is 11.8 Å². The van der Waals surface area contributed by atoms with Gasteiger partial charge >= 0.3 is 0 Å². The third-order valence-corrected chi connectivity index (χ3v) is 4.32. The summed E-state index contributed by atoms with van der Waals surface area (Å²) < 4.78 is 5.21. The van der Waals surface area contributed by atoms with Crippen LogP contribution in [0.4, 0.5) is 0 Å². The molecular weight excluding hydrogens is 258 g/mol. The Bertz CT molecular complexity index is 356. The van der Waals surface area contributed by atoms with Gasteiger partial charge in [-0.05, 0) is 18.8 Å². The van der Waals surface area contributed by atoms with E-state index in [1.807, 2.05) is 0 Å². The maximum Gasteiger partial charge on any atom is 0.242 e. The molecule has 6 nitrogen and oxygen atoms in total. The summed E-state index contributed by atoms with van der Waals surface area (Å²) in [5.41, 5.74) is 5.99. The van der Waals surface area contributed by atoms with Crippen molar-refractivity contribution in [1.82, 2.24) is 9.80 Å². The van der Waals surface area contributed by atoms with Gasteiger partial charge in [-0.3, -0.25) is 9.59 Å². The Morgan fingerprint density at radius 2 is 2.00 bits per heavy atom. The molecule has 0 spiro atoms. The molecule has 1 saturated heterocycles. The molecule has 0 aromatic rings. The number of nitrogens with two attached hydrogens (primary N) is 1. The zero-order chi connectivity index (χ0) is 14.5. The molecule has 1 aliphatic heterocycles. The zero-order valence-electron chi connectivity index (χ0n) is 12.2. The van der Waals surface area contributed by atoms with E-state index in [1.54, 1.807) is 11.9 Å². The van der Waals surface area contributed by atoms with Crippen LogP contribution >= 0.6 is 0 Å². The first-order chi connectivity index (χ1) is 9.58. The molecule has 2 atom stereocenters. The molecule has 1 heterocycles. The fraction of sp³-hybridized carbons (Fsp3) is 0.857. The first-order valence-corrected chi connectivity index (χ1v) is 7.43. The van der Waals surface area contributed by atoms with Gasteiger partial charge < -0.3 is 20.3 Å². The quantitative estimate of drug-likeness (QED) is 0.776. The van der Waals surface area contributed by atoms with Gasteiger partial charge in [0.1, 0.15) is 0 Å². The number of likely N-dealkylation sites (N-methyl/N-ethyl adjacent to an activating group) is 1. The third-order valence-electron chi connectivity index (χ3n) is 4.32. The van der Waals surface area contributed by atoms with Crippen LogP contribution in [0.5, 0.6) is 0 Å². The summed E-state index contributed by atoms with van der Waals surface area (Å²) in [5, 5.41) is 0. The molecule has 0 radical (unpaired) electrons. The number of morpholine rings is 1. The maximum atomic E-state index is 12.1. The summed E-state index contributed by atoms with van der Waals surface area (Å²) in [4.78, 5) is 27.5. The maximum absolute atomic E-state index is 12.1. The largest absolute Gasteiger partial charge is 0.378 e. The van der Waals surface area contributed by atoms with Gasteiger partial charge in [0.05, 0.1) is 19.8 Å². The normalized spacial score (nSPS) is 26.6. The van der Waals surface area contributed by atoms with Gasteiger partial charge in [-0.2, -0.15) is 0 Å².